The molecular formula is C16H24ClNO2. The fraction of sp³-hybridized carbons (Fsp3) is 0.625. The van der Waals surface area contributed by atoms with Gasteiger partial charge in [-0.15, -0.1) is 0 Å². The van der Waals surface area contributed by atoms with Crippen molar-refractivity contribution in [2.45, 2.75) is 44.2 Å². The minimum Gasteiger partial charge on any atom is -0.395 e. The molecule has 0 amide bonds. The Morgan fingerprint density at radius 2 is 1.95 bits per heavy atom. The van der Waals surface area contributed by atoms with Crippen molar-refractivity contribution < 1.29 is 10.2 Å². The molecule has 1 aliphatic heterocycles. The number of hydrogen-bond donors (Lipinski definition) is 2. The van der Waals surface area contributed by atoms with Crippen molar-refractivity contribution in [2.75, 3.05) is 19.7 Å². The SMILES string of the molecule is OCC1CCCCCN1CCC(O)c1ccc(Cl)cc1. The zero-order chi connectivity index (χ0) is 14.4. The Balaban J connectivity index is 1.87. The van der Waals surface area contributed by atoms with Gasteiger partial charge in [0.05, 0.1) is 12.7 Å². The van der Waals surface area contributed by atoms with Crippen molar-refractivity contribution in [1.29, 1.82) is 0 Å². The summed E-state index contributed by atoms with van der Waals surface area (Å²) in [6, 6.07) is 7.62. The maximum absolute atomic E-state index is 10.2. The summed E-state index contributed by atoms with van der Waals surface area (Å²) in [4.78, 5) is 2.33. The van der Waals surface area contributed by atoms with Gasteiger partial charge in [0.15, 0.2) is 0 Å². The molecule has 1 aliphatic rings. The quantitative estimate of drug-likeness (QED) is 0.878. The van der Waals surface area contributed by atoms with Crippen molar-refractivity contribution in [2.24, 2.45) is 0 Å². The van der Waals surface area contributed by atoms with E-state index in [1.54, 1.807) is 0 Å². The molecular weight excluding hydrogens is 274 g/mol. The third-order valence-corrected chi connectivity index (χ3v) is 4.41. The molecule has 1 aromatic rings. The van der Waals surface area contributed by atoms with E-state index in [0.29, 0.717) is 11.4 Å². The summed E-state index contributed by atoms with van der Waals surface area (Å²) >= 11 is 5.85. The van der Waals surface area contributed by atoms with E-state index in [-0.39, 0.29) is 12.6 Å². The first kappa shape index (κ1) is 15.8. The van der Waals surface area contributed by atoms with Crippen LogP contribution in [0, 0.1) is 0 Å². The summed E-state index contributed by atoms with van der Waals surface area (Å²) in [5.41, 5.74) is 0.907. The molecule has 4 heteroatoms. The molecule has 2 rings (SSSR count). The van der Waals surface area contributed by atoms with Gasteiger partial charge in [0.25, 0.3) is 0 Å². The molecule has 0 bridgehead atoms. The van der Waals surface area contributed by atoms with Crippen molar-refractivity contribution in [3.05, 3.63) is 34.9 Å². The molecule has 2 N–H and O–H groups in total. The zero-order valence-corrected chi connectivity index (χ0v) is 12.6. The van der Waals surface area contributed by atoms with E-state index in [2.05, 4.69) is 4.90 Å². The van der Waals surface area contributed by atoms with Crippen molar-refractivity contribution in [3.8, 4) is 0 Å². The van der Waals surface area contributed by atoms with Crippen molar-refractivity contribution in [1.82, 2.24) is 4.90 Å². The molecule has 0 aliphatic carbocycles. The highest BCUT2D eigenvalue weighted by atomic mass is 35.5. The van der Waals surface area contributed by atoms with E-state index >= 15 is 0 Å². The van der Waals surface area contributed by atoms with Crippen LogP contribution in [0.25, 0.3) is 0 Å². The van der Waals surface area contributed by atoms with E-state index in [9.17, 15) is 10.2 Å². The van der Waals surface area contributed by atoms with E-state index in [4.69, 9.17) is 11.6 Å². The first-order chi connectivity index (χ1) is 9.70. The van der Waals surface area contributed by atoms with Gasteiger partial charge in [-0.1, -0.05) is 36.6 Å². The van der Waals surface area contributed by atoms with Gasteiger partial charge >= 0.3 is 0 Å². The predicted octanol–water partition coefficient (Wildman–Crippen LogP) is 3.00. The summed E-state index contributed by atoms with van der Waals surface area (Å²) in [7, 11) is 0. The topological polar surface area (TPSA) is 43.7 Å². The van der Waals surface area contributed by atoms with Crippen LogP contribution in [0.4, 0.5) is 0 Å². The lowest BCUT2D eigenvalue weighted by Crippen LogP contribution is -2.38. The summed E-state index contributed by atoms with van der Waals surface area (Å²) in [5.74, 6) is 0. The molecule has 2 atom stereocenters. The average molecular weight is 298 g/mol. The van der Waals surface area contributed by atoms with Gasteiger partial charge in [-0.25, -0.2) is 0 Å². The number of benzene rings is 1. The lowest BCUT2D eigenvalue weighted by atomic mass is 10.1. The summed E-state index contributed by atoms with van der Waals surface area (Å²) in [5, 5.41) is 20.4. The first-order valence-electron chi connectivity index (χ1n) is 7.49. The van der Waals surface area contributed by atoms with Crippen LogP contribution in [0.3, 0.4) is 0 Å². The summed E-state index contributed by atoms with van der Waals surface area (Å²) in [6.07, 6.45) is 4.92. The fourth-order valence-electron chi connectivity index (χ4n) is 2.88. The Morgan fingerprint density at radius 1 is 1.20 bits per heavy atom. The number of nitrogens with zero attached hydrogens (tertiary/aromatic N) is 1. The van der Waals surface area contributed by atoms with E-state index in [1.165, 1.54) is 19.3 Å². The zero-order valence-electron chi connectivity index (χ0n) is 11.8. The molecule has 1 fully saturated rings. The Labute approximate surface area is 126 Å². The molecule has 1 heterocycles. The molecule has 3 nitrogen and oxygen atoms in total. The minimum absolute atomic E-state index is 0.219. The number of aliphatic hydroxyl groups is 2. The molecule has 0 saturated carbocycles. The molecule has 0 radical (unpaired) electrons. The first-order valence-corrected chi connectivity index (χ1v) is 7.87. The Hall–Kier alpha value is -0.610. The van der Waals surface area contributed by atoms with Crippen LogP contribution >= 0.6 is 11.6 Å². The van der Waals surface area contributed by atoms with E-state index in [1.807, 2.05) is 24.3 Å². The molecule has 1 aromatic carbocycles. The average Bonchev–Trinajstić information content (AvgIpc) is 2.70. The minimum atomic E-state index is -0.463. The molecule has 112 valence electrons. The van der Waals surface area contributed by atoms with Crippen molar-refractivity contribution in [3.63, 3.8) is 0 Å². The van der Waals surface area contributed by atoms with Crippen LogP contribution in [0.1, 0.15) is 43.8 Å². The molecule has 0 aromatic heterocycles. The molecule has 2 unspecified atom stereocenters. The number of rotatable bonds is 5. The van der Waals surface area contributed by atoms with Crippen LogP contribution in [0.15, 0.2) is 24.3 Å². The van der Waals surface area contributed by atoms with Gasteiger partial charge in [0, 0.05) is 17.6 Å². The number of hydrogen-bond acceptors (Lipinski definition) is 3. The maximum Gasteiger partial charge on any atom is 0.0802 e. The number of halogens is 1. The van der Waals surface area contributed by atoms with Crippen LogP contribution in [-0.2, 0) is 0 Å². The van der Waals surface area contributed by atoms with Crippen molar-refractivity contribution >= 4 is 11.6 Å². The van der Waals surface area contributed by atoms with Gasteiger partial charge in [-0.3, -0.25) is 4.90 Å². The normalized spacial score (nSPS) is 22.4. The van der Waals surface area contributed by atoms with Gasteiger partial charge in [-0.05, 0) is 43.5 Å². The summed E-state index contributed by atoms with van der Waals surface area (Å²) in [6.45, 7) is 2.07. The lowest BCUT2D eigenvalue weighted by Gasteiger charge is -2.29. The predicted molar refractivity (Wildman–Crippen MR) is 81.9 cm³/mol. The third-order valence-electron chi connectivity index (χ3n) is 4.15. The van der Waals surface area contributed by atoms with E-state index < -0.39 is 6.10 Å². The van der Waals surface area contributed by atoms with Crippen LogP contribution in [-0.4, -0.2) is 40.9 Å². The second-order valence-corrected chi connectivity index (χ2v) is 6.01. The standard InChI is InChI=1S/C16H24ClNO2/c17-14-7-5-13(6-8-14)16(20)9-11-18-10-3-1-2-4-15(18)12-19/h5-8,15-16,19-20H,1-4,9-12H2. The van der Waals surface area contributed by atoms with Crippen LogP contribution in [0.5, 0.6) is 0 Å². The number of aliphatic hydroxyl groups excluding tert-OH is 2. The number of likely N-dealkylation sites (tertiary alicyclic amines) is 1. The molecule has 0 spiro atoms. The van der Waals surface area contributed by atoms with Gasteiger partial charge in [0.1, 0.15) is 0 Å². The van der Waals surface area contributed by atoms with Crippen LogP contribution in [0.2, 0.25) is 5.02 Å². The highest BCUT2D eigenvalue weighted by molar-refractivity contribution is 6.30. The largest absolute Gasteiger partial charge is 0.395 e. The maximum atomic E-state index is 10.2. The van der Waals surface area contributed by atoms with Gasteiger partial charge in [0.2, 0.25) is 0 Å². The highest BCUT2D eigenvalue weighted by Crippen LogP contribution is 2.22. The summed E-state index contributed by atoms with van der Waals surface area (Å²) < 4.78 is 0. The Kier molecular flexibility index (Phi) is 6.30. The third kappa shape index (κ3) is 4.45. The van der Waals surface area contributed by atoms with Gasteiger partial charge in [-0.2, -0.15) is 0 Å². The van der Waals surface area contributed by atoms with Gasteiger partial charge < -0.3 is 10.2 Å². The highest BCUT2D eigenvalue weighted by Gasteiger charge is 2.21. The fourth-order valence-corrected chi connectivity index (χ4v) is 3.00. The molecule has 20 heavy (non-hydrogen) atoms. The Morgan fingerprint density at radius 3 is 2.65 bits per heavy atom. The monoisotopic (exact) mass is 297 g/mol. The second kappa shape index (κ2) is 7.99. The smallest absolute Gasteiger partial charge is 0.0802 e. The van der Waals surface area contributed by atoms with Crippen LogP contribution < -0.4 is 0 Å². The molecule has 1 saturated heterocycles. The lowest BCUT2D eigenvalue weighted by molar-refractivity contribution is 0.0947. The second-order valence-electron chi connectivity index (χ2n) is 5.58. The Bertz CT molecular complexity index is 396. The van der Waals surface area contributed by atoms with E-state index in [0.717, 1.165) is 25.1 Å².